The predicted octanol–water partition coefficient (Wildman–Crippen LogP) is 1.58. The smallest absolute Gasteiger partial charge is 0.328 e. The lowest BCUT2D eigenvalue weighted by Gasteiger charge is -2.05. The van der Waals surface area contributed by atoms with Crippen LogP contribution in [0, 0.1) is 23.5 Å². The van der Waals surface area contributed by atoms with E-state index in [1.807, 2.05) is 0 Å². The molecule has 1 aromatic heterocycles. The highest BCUT2D eigenvalue weighted by Crippen LogP contribution is 2.17. The van der Waals surface area contributed by atoms with Crippen LogP contribution in [0.1, 0.15) is 23.1 Å². The van der Waals surface area contributed by atoms with Gasteiger partial charge in [0.15, 0.2) is 17.2 Å². The van der Waals surface area contributed by atoms with Gasteiger partial charge in [-0.15, -0.1) is 0 Å². The van der Waals surface area contributed by atoms with Gasteiger partial charge < -0.3 is 5.21 Å². The van der Waals surface area contributed by atoms with Gasteiger partial charge in [0.05, 0.1) is 10.5 Å². The van der Waals surface area contributed by atoms with E-state index in [9.17, 15) is 23.7 Å². The standard InChI is InChI=1S/C11H9F2N2O3/c1-5-11(6(2)16)15(18)10-4-8(13)7(12)3-9(10)14(5)17/h3-4,17H,1-2H3/q+1. The lowest BCUT2D eigenvalue weighted by Crippen LogP contribution is -2.30. The summed E-state index contributed by atoms with van der Waals surface area (Å²) in [6.45, 7) is 2.47. The molecule has 0 bridgehead atoms. The van der Waals surface area contributed by atoms with Gasteiger partial charge in [0.25, 0.3) is 5.52 Å². The number of benzene rings is 1. The topological polar surface area (TPSA) is 65.2 Å². The zero-order chi connectivity index (χ0) is 13.6. The summed E-state index contributed by atoms with van der Waals surface area (Å²) in [6, 6.07) is 1.33. The second-order valence-corrected chi connectivity index (χ2v) is 3.85. The van der Waals surface area contributed by atoms with Crippen molar-refractivity contribution in [3.05, 3.63) is 40.1 Å². The zero-order valence-corrected chi connectivity index (χ0v) is 9.57. The summed E-state index contributed by atoms with van der Waals surface area (Å²) in [4.78, 5) is 23.2. The summed E-state index contributed by atoms with van der Waals surface area (Å²) in [5.41, 5.74) is -0.911. The maximum absolute atomic E-state index is 13.1. The van der Waals surface area contributed by atoms with E-state index < -0.39 is 17.4 Å². The number of nitrogens with zero attached hydrogens (tertiary/aromatic N) is 2. The van der Waals surface area contributed by atoms with E-state index in [1.54, 1.807) is 0 Å². The Hall–Kier alpha value is -2.31. The first-order chi connectivity index (χ1) is 8.34. The summed E-state index contributed by atoms with van der Waals surface area (Å²) in [5.74, 6) is -3.01. The Morgan fingerprint density at radius 2 is 1.89 bits per heavy atom. The third-order valence-corrected chi connectivity index (χ3v) is 2.66. The Bertz CT molecular complexity index is 737. The Morgan fingerprint density at radius 3 is 2.44 bits per heavy atom. The van der Waals surface area contributed by atoms with Gasteiger partial charge in [-0.1, -0.05) is 0 Å². The Balaban J connectivity index is 3.08. The van der Waals surface area contributed by atoms with E-state index in [4.69, 9.17) is 0 Å². The second kappa shape index (κ2) is 3.86. The average Bonchev–Trinajstić information content (AvgIpc) is 2.29. The molecule has 0 amide bonds. The second-order valence-electron chi connectivity index (χ2n) is 3.85. The van der Waals surface area contributed by atoms with Gasteiger partial charge in [-0.3, -0.25) is 4.79 Å². The highest BCUT2D eigenvalue weighted by atomic mass is 19.2. The lowest BCUT2D eigenvalue weighted by molar-refractivity contribution is -0.469. The van der Waals surface area contributed by atoms with Crippen LogP contribution in [0.25, 0.3) is 11.0 Å². The van der Waals surface area contributed by atoms with Crippen molar-refractivity contribution >= 4 is 16.8 Å². The lowest BCUT2D eigenvalue weighted by atomic mass is 10.2. The molecule has 1 heterocycles. The van der Waals surface area contributed by atoms with Crippen molar-refractivity contribution in [2.75, 3.05) is 0 Å². The van der Waals surface area contributed by atoms with Crippen LogP contribution < -0.4 is 4.43 Å². The summed E-state index contributed by atoms with van der Waals surface area (Å²) < 4.78 is 26.8. The molecule has 0 saturated heterocycles. The highest BCUT2D eigenvalue weighted by Gasteiger charge is 2.27. The zero-order valence-electron chi connectivity index (χ0n) is 9.57. The molecule has 2 rings (SSSR count). The van der Waals surface area contributed by atoms with Crippen LogP contribution in [-0.4, -0.2) is 15.7 Å². The normalized spacial score (nSPS) is 10.9. The number of hydrogen-bond donors (Lipinski definition) is 1. The molecule has 5 nitrogen and oxygen atoms in total. The fourth-order valence-corrected chi connectivity index (χ4v) is 1.80. The Labute approximate surface area is 99.5 Å². The molecule has 1 aromatic carbocycles. The molecule has 2 aromatic rings. The summed E-state index contributed by atoms with van der Waals surface area (Å²) in [5, 5.41) is 9.75. The molecule has 7 heteroatoms. The maximum Gasteiger partial charge on any atom is 0.328 e. The predicted molar refractivity (Wildman–Crippen MR) is 57.1 cm³/mol. The molecule has 0 saturated carbocycles. The van der Waals surface area contributed by atoms with Crippen molar-refractivity contribution in [1.29, 1.82) is 0 Å². The van der Waals surface area contributed by atoms with Crippen LogP contribution in [0.15, 0.2) is 12.1 Å². The molecule has 18 heavy (non-hydrogen) atoms. The van der Waals surface area contributed by atoms with Crippen molar-refractivity contribution < 1.29 is 23.2 Å². The Kier molecular flexibility index (Phi) is 2.61. The third-order valence-electron chi connectivity index (χ3n) is 2.66. The molecule has 0 aliphatic rings. The van der Waals surface area contributed by atoms with Crippen molar-refractivity contribution in [2.45, 2.75) is 13.8 Å². The van der Waals surface area contributed by atoms with Gasteiger partial charge in [-0.25, -0.2) is 8.78 Å². The molecule has 0 radical (unpaired) electrons. The molecule has 0 fully saturated rings. The molecular formula is C11H9F2N2O3+. The fraction of sp³-hybridized carbons (Fsp3) is 0.182. The number of carbonyl (C=O) groups excluding carboxylic acids is 1. The van der Waals surface area contributed by atoms with Gasteiger partial charge in [-0.05, 0) is 6.92 Å². The minimum Gasteiger partial charge on any atom is -0.428 e. The molecule has 1 N–H and O–H groups in total. The molecule has 94 valence electrons. The molecule has 0 spiro atoms. The minimum atomic E-state index is -1.23. The van der Waals surface area contributed by atoms with Crippen molar-refractivity contribution in [1.82, 2.24) is 4.73 Å². The van der Waals surface area contributed by atoms with E-state index in [-0.39, 0.29) is 26.8 Å². The summed E-state index contributed by atoms with van der Waals surface area (Å²) >= 11 is 0. The number of fused-ring (bicyclic) bond motifs is 1. The van der Waals surface area contributed by atoms with E-state index in [1.165, 1.54) is 6.92 Å². The molecule has 0 aliphatic heterocycles. The first-order valence-electron chi connectivity index (χ1n) is 5.01. The van der Waals surface area contributed by atoms with Crippen LogP contribution in [-0.2, 0) is 0 Å². The molecule has 0 atom stereocenters. The van der Waals surface area contributed by atoms with Crippen molar-refractivity contribution in [3.63, 3.8) is 0 Å². The van der Waals surface area contributed by atoms with Crippen LogP contribution >= 0.6 is 0 Å². The van der Waals surface area contributed by atoms with Gasteiger partial charge in [-0.2, -0.15) is 4.73 Å². The number of hydrogen-bond acceptors (Lipinski definition) is 3. The number of Topliss-reactive ketones (excluding diaryl/α,β-unsaturated/α-hetero) is 1. The van der Waals surface area contributed by atoms with Crippen molar-refractivity contribution in [3.8, 4) is 0 Å². The van der Waals surface area contributed by atoms with E-state index in [2.05, 4.69) is 0 Å². The number of rotatable bonds is 1. The Morgan fingerprint density at radius 1 is 1.33 bits per heavy atom. The van der Waals surface area contributed by atoms with Crippen LogP contribution in [0.3, 0.4) is 0 Å². The summed E-state index contributed by atoms with van der Waals surface area (Å²) in [7, 11) is 0. The largest absolute Gasteiger partial charge is 0.428 e. The van der Waals surface area contributed by atoms with E-state index >= 15 is 0 Å². The van der Waals surface area contributed by atoms with Gasteiger partial charge in [0.1, 0.15) is 5.69 Å². The third kappa shape index (κ3) is 1.55. The van der Waals surface area contributed by atoms with Crippen molar-refractivity contribution in [2.24, 2.45) is 0 Å². The molecule has 0 unspecified atom stereocenters. The quantitative estimate of drug-likeness (QED) is 0.478. The van der Waals surface area contributed by atoms with Crippen LogP contribution in [0.5, 0.6) is 0 Å². The number of ketones is 1. The molecular weight excluding hydrogens is 246 g/mol. The fourth-order valence-electron chi connectivity index (χ4n) is 1.80. The van der Waals surface area contributed by atoms with Gasteiger partial charge >= 0.3 is 5.69 Å². The summed E-state index contributed by atoms with van der Waals surface area (Å²) in [6.07, 6.45) is 0. The SMILES string of the molecule is CC(=O)c1c(C)n(O)c2cc(F)c(F)cc2[n+]1=O. The van der Waals surface area contributed by atoms with E-state index in [0.717, 1.165) is 6.92 Å². The van der Waals surface area contributed by atoms with E-state index in [0.29, 0.717) is 16.9 Å². The number of halogens is 2. The van der Waals surface area contributed by atoms with Crippen LogP contribution in [0.2, 0.25) is 0 Å². The number of carbonyl (C=O) groups is 1. The minimum absolute atomic E-state index is 0.0454. The van der Waals surface area contributed by atoms with Gasteiger partial charge in [0, 0.05) is 17.9 Å². The first kappa shape index (κ1) is 12.2. The van der Waals surface area contributed by atoms with Gasteiger partial charge in [0.2, 0.25) is 5.78 Å². The monoisotopic (exact) mass is 255 g/mol. The average molecular weight is 255 g/mol. The van der Waals surface area contributed by atoms with Crippen LogP contribution in [0.4, 0.5) is 8.78 Å². The maximum atomic E-state index is 13.1. The highest BCUT2D eigenvalue weighted by molar-refractivity contribution is 5.92. The molecule has 0 aliphatic carbocycles. The first-order valence-corrected chi connectivity index (χ1v) is 5.01. The number of aromatic nitrogens is 2.